The van der Waals surface area contributed by atoms with Crippen molar-refractivity contribution >= 4 is 21.9 Å². The Morgan fingerprint density at radius 1 is 0.844 bits per heavy atom. The molecule has 4 aromatic heterocycles. The van der Waals surface area contributed by atoms with Crippen molar-refractivity contribution in [3.63, 3.8) is 0 Å². The van der Waals surface area contributed by atoms with Gasteiger partial charge in [-0.1, -0.05) is 12.1 Å². The number of aromatic amines is 2. The van der Waals surface area contributed by atoms with Crippen molar-refractivity contribution in [3.8, 4) is 33.9 Å². The average Bonchev–Trinajstić information content (AvgIpc) is 3.44. The smallest absolute Gasteiger partial charge is 0.159 e. The number of nitrogens with one attached hydrogen (secondary N) is 2. The molecule has 32 heavy (non-hydrogen) atoms. The molecule has 0 fully saturated rings. The molecular weight excluding hydrogens is 412 g/mol. The van der Waals surface area contributed by atoms with Crippen LogP contribution in [0.5, 0.6) is 0 Å². The first-order valence-electron chi connectivity index (χ1n) is 9.72. The van der Waals surface area contributed by atoms with Crippen LogP contribution < -0.4 is 0 Å². The molecule has 0 aliphatic rings. The molecule has 6 rings (SSSR count). The largest absolute Gasteiger partial charge is 0.336 e. The zero-order valence-electron chi connectivity index (χ0n) is 16.3. The summed E-state index contributed by atoms with van der Waals surface area (Å²) in [6, 6.07) is 11.3. The summed E-state index contributed by atoms with van der Waals surface area (Å²) in [5.41, 5.74) is 4.11. The predicted octanol–water partition coefficient (Wildman–Crippen LogP) is 4.90. The standard InChI is InChI=1S/C23H13F2N7/c24-14-3-1-2-12(8-14)20-21-17(6-7-28-20)29-23(30-21)22-18-16(31-32-22)5-4-15(19(18)25)13-9-26-11-27-10-13/h1-11H,(H,29,30)(H,31,32). The SMILES string of the molecule is Fc1cccc(-c2nccc3[nH]c(-c4n[nH]c5ccc(-c6cncnc6)c(F)c45)nc23)c1. The normalized spacial score (nSPS) is 11.4. The minimum Gasteiger partial charge on any atom is -0.336 e. The lowest BCUT2D eigenvalue weighted by Crippen LogP contribution is -1.90. The van der Waals surface area contributed by atoms with Crippen molar-refractivity contribution in [1.82, 2.24) is 35.1 Å². The van der Waals surface area contributed by atoms with Crippen LogP contribution >= 0.6 is 0 Å². The number of pyridine rings is 1. The van der Waals surface area contributed by atoms with E-state index in [9.17, 15) is 4.39 Å². The van der Waals surface area contributed by atoms with Gasteiger partial charge in [0.2, 0.25) is 0 Å². The molecule has 0 saturated carbocycles. The van der Waals surface area contributed by atoms with Crippen molar-refractivity contribution < 1.29 is 8.78 Å². The van der Waals surface area contributed by atoms with E-state index in [0.29, 0.717) is 55.8 Å². The van der Waals surface area contributed by atoms with Gasteiger partial charge in [-0.05, 0) is 30.3 Å². The van der Waals surface area contributed by atoms with Gasteiger partial charge >= 0.3 is 0 Å². The number of H-pyrrole nitrogens is 2. The molecule has 0 bridgehead atoms. The summed E-state index contributed by atoms with van der Waals surface area (Å²) in [4.78, 5) is 20.1. The van der Waals surface area contributed by atoms with Crippen LogP contribution in [0, 0.1) is 11.6 Å². The number of nitrogens with zero attached hydrogens (tertiary/aromatic N) is 5. The Bertz CT molecular complexity index is 1610. The number of hydrogen-bond donors (Lipinski definition) is 2. The fraction of sp³-hybridized carbons (Fsp3) is 0. The Morgan fingerprint density at radius 3 is 2.56 bits per heavy atom. The third-order valence-electron chi connectivity index (χ3n) is 5.26. The van der Waals surface area contributed by atoms with Gasteiger partial charge in [0.1, 0.15) is 29.2 Å². The summed E-state index contributed by atoms with van der Waals surface area (Å²) in [6.07, 6.45) is 6.10. The first kappa shape index (κ1) is 18.3. The van der Waals surface area contributed by atoms with Crippen LogP contribution in [0.25, 0.3) is 55.8 Å². The summed E-state index contributed by atoms with van der Waals surface area (Å²) < 4.78 is 29.3. The average molecular weight is 425 g/mol. The van der Waals surface area contributed by atoms with Crippen LogP contribution in [-0.2, 0) is 0 Å². The second-order valence-corrected chi connectivity index (χ2v) is 7.20. The highest BCUT2D eigenvalue weighted by Crippen LogP contribution is 2.34. The van der Waals surface area contributed by atoms with Crippen molar-refractivity contribution in [2.45, 2.75) is 0 Å². The highest BCUT2D eigenvalue weighted by molar-refractivity contribution is 5.98. The van der Waals surface area contributed by atoms with Crippen LogP contribution in [-0.4, -0.2) is 35.1 Å². The van der Waals surface area contributed by atoms with Crippen molar-refractivity contribution in [2.75, 3.05) is 0 Å². The quantitative estimate of drug-likeness (QED) is 0.420. The lowest BCUT2D eigenvalue weighted by Gasteiger charge is -2.04. The maximum atomic E-state index is 15.6. The summed E-state index contributed by atoms with van der Waals surface area (Å²) in [7, 11) is 0. The highest BCUT2D eigenvalue weighted by atomic mass is 19.1. The zero-order chi connectivity index (χ0) is 21.7. The number of fused-ring (bicyclic) bond motifs is 2. The third kappa shape index (κ3) is 2.83. The van der Waals surface area contributed by atoms with Gasteiger partial charge in [-0.2, -0.15) is 5.10 Å². The number of imidazole rings is 1. The fourth-order valence-electron chi connectivity index (χ4n) is 3.80. The number of hydrogen-bond acceptors (Lipinski definition) is 5. The van der Waals surface area contributed by atoms with Gasteiger partial charge in [-0.3, -0.25) is 10.1 Å². The van der Waals surface area contributed by atoms with Crippen molar-refractivity contribution in [1.29, 1.82) is 0 Å². The van der Waals surface area contributed by atoms with Crippen LogP contribution in [0.3, 0.4) is 0 Å². The van der Waals surface area contributed by atoms with Gasteiger partial charge in [0.05, 0.1) is 22.1 Å². The Balaban J connectivity index is 1.55. The molecule has 2 aromatic carbocycles. The number of rotatable bonds is 3. The molecule has 0 aliphatic heterocycles. The first-order valence-corrected chi connectivity index (χ1v) is 9.72. The molecule has 0 saturated heterocycles. The minimum atomic E-state index is -0.454. The molecule has 9 heteroatoms. The van der Waals surface area contributed by atoms with E-state index in [2.05, 4.69) is 35.1 Å². The zero-order valence-corrected chi connectivity index (χ0v) is 16.3. The van der Waals surface area contributed by atoms with Crippen molar-refractivity contribution in [2.24, 2.45) is 0 Å². The lowest BCUT2D eigenvalue weighted by atomic mass is 10.0. The summed E-state index contributed by atoms with van der Waals surface area (Å²) >= 11 is 0. The van der Waals surface area contributed by atoms with Crippen LogP contribution in [0.4, 0.5) is 8.78 Å². The van der Waals surface area contributed by atoms with Gasteiger partial charge < -0.3 is 4.98 Å². The monoisotopic (exact) mass is 425 g/mol. The minimum absolute atomic E-state index is 0.297. The topological polar surface area (TPSA) is 96.0 Å². The van der Waals surface area contributed by atoms with Crippen LogP contribution in [0.1, 0.15) is 0 Å². The molecule has 0 unspecified atom stereocenters. The van der Waals surface area contributed by atoms with Gasteiger partial charge in [-0.25, -0.2) is 23.7 Å². The summed E-state index contributed by atoms with van der Waals surface area (Å²) in [5, 5.41) is 7.46. The highest BCUT2D eigenvalue weighted by Gasteiger charge is 2.20. The van der Waals surface area contributed by atoms with E-state index in [0.717, 1.165) is 0 Å². The second kappa shape index (κ2) is 7.02. The predicted molar refractivity (Wildman–Crippen MR) is 115 cm³/mol. The van der Waals surface area contributed by atoms with Crippen LogP contribution in [0.2, 0.25) is 0 Å². The van der Waals surface area contributed by atoms with E-state index in [1.165, 1.54) is 18.5 Å². The van der Waals surface area contributed by atoms with Gasteiger partial charge in [0.25, 0.3) is 0 Å². The molecule has 154 valence electrons. The number of benzene rings is 2. The fourth-order valence-corrected chi connectivity index (χ4v) is 3.80. The van der Waals surface area contributed by atoms with Gasteiger partial charge in [0, 0.05) is 35.3 Å². The molecule has 0 atom stereocenters. The Morgan fingerprint density at radius 2 is 1.72 bits per heavy atom. The lowest BCUT2D eigenvalue weighted by molar-refractivity contribution is 0.628. The Kier molecular flexibility index (Phi) is 4.00. The van der Waals surface area contributed by atoms with Crippen molar-refractivity contribution in [3.05, 3.63) is 79.0 Å². The molecule has 0 spiro atoms. The molecule has 6 aromatic rings. The molecule has 7 nitrogen and oxygen atoms in total. The van der Waals surface area contributed by atoms with E-state index < -0.39 is 5.82 Å². The maximum Gasteiger partial charge on any atom is 0.159 e. The molecule has 0 amide bonds. The molecular formula is C23H13F2N7. The number of aromatic nitrogens is 7. The molecule has 2 N–H and O–H groups in total. The number of halogens is 2. The maximum absolute atomic E-state index is 15.6. The third-order valence-corrected chi connectivity index (χ3v) is 5.26. The van der Waals surface area contributed by atoms with E-state index in [4.69, 9.17) is 0 Å². The summed E-state index contributed by atoms with van der Waals surface area (Å²) in [6.45, 7) is 0. The Hall–Kier alpha value is -4.53. The van der Waals surface area contributed by atoms with Crippen LogP contribution in [0.15, 0.2) is 67.4 Å². The van der Waals surface area contributed by atoms with E-state index in [1.54, 1.807) is 48.9 Å². The first-order chi connectivity index (χ1) is 15.7. The Labute approximate surface area is 179 Å². The molecule has 4 heterocycles. The second-order valence-electron chi connectivity index (χ2n) is 7.20. The summed E-state index contributed by atoms with van der Waals surface area (Å²) in [5.74, 6) is -0.447. The molecule has 0 aliphatic carbocycles. The van der Waals surface area contributed by atoms with Gasteiger partial charge in [-0.15, -0.1) is 0 Å². The van der Waals surface area contributed by atoms with E-state index in [1.807, 2.05) is 0 Å². The van der Waals surface area contributed by atoms with E-state index in [-0.39, 0.29) is 5.82 Å². The van der Waals surface area contributed by atoms with E-state index >= 15 is 4.39 Å². The van der Waals surface area contributed by atoms with Gasteiger partial charge in [0.15, 0.2) is 5.82 Å². The molecule has 0 radical (unpaired) electrons.